The molecule has 0 N–H and O–H groups in total. The molecule has 0 saturated carbocycles. The Labute approximate surface area is 92.1 Å². The summed E-state index contributed by atoms with van der Waals surface area (Å²) in [5.74, 6) is -0.119. The predicted octanol–water partition coefficient (Wildman–Crippen LogP) is 2.53. The fourth-order valence-corrected chi connectivity index (χ4v) is 1.52. The van der Waals surface area contributed by atoms with Gasteiger partial charge in [0.2, 0.25) is 0 Å². The molecule has 1 unspecified atom stereocenters. The Morgan fingerprint density at radius 1 is 1.47 bits per heavy atom. The summed E-state index contributed by atoms with van der Waals surface area (Å²) in [6, 6.07) is 0. The van der Waals surface area contributed by atoms with Crippen LogP contribution in [0, 0.1) is 5.41 Å². The van der Waals surface area contributed by atoms with Gasteiger partial charge in [0.25, 0.3) is 0 Å². The predicted molar refractivity (Wildman–Crippen MR) is 58.6 cm³/mol. The summed E-state index contributed by atoms with van der Waals surface area (Å²) >= 11 is 0. The molecule has 3 nitrogen and oxygen atoms in total. The summed E-state index contributed by atoms with van der Waals surface area (Å²) in [5, 5.41) is 0. The first kappa shape index (κ1) is 12.5. The van der Waals surface area contributed by atoms with E-state index < -0.39 is 0 Å². The molecule has 0 aromatic heterocycles. The first-order valence-corrected chi connectivity index (χ1v) is 5.74. The number of esters is 1. The molecule has 0 radical (unpaired) electrons. The van der Waals surface area contributed by atoms with E-state index in [9.17, 15) is 4.79 Å². The highest BCUT2D eigenvalue weighted by Gasteiger charge is 2.20. The Balaban J connectivity index is 2.08. The molecule has 1 saturated heterocycles. The Bertz CT molecular complexity index is 199. The molecule has 1 aliphatic heterocycles. The van der Waals surface area contributed by atoms with E-state index >= 15 is 0 Å². The third-order valence-corrected chi connectivity index (χ3v) is 2.53. The second kappa shape index (κ2) is 5.50. The van der Waals surface area contributed by atoms with Gasteiger partial charge >= 0.3 is 5.97 Å². The Kier molecular flexibility index (Phi) is 4.58. The third-order valence-electron chi connectivity index (χ3n) is 2.53. The number of ether oxygens (including phenoxy) is 2. The van der Waals surface area contributed by atoms with E-state index in [4.69, 9.17) is 9.47 Å². The quantitative estimate of drug-likeness (QED) is 0.675. The van der Waals surface area contributed by atoms with Crippen LogP contribution in [0.25, 0.3) is 0 Å². The van der Waals surface area contributed by atoms with Crippen molar-refractivity contribution in [2.24, 2.45) is 5.41 Å². The van der Waals surface area contributed by atoms with Crippen molar-refractivity contribution in [3.63, 3.8) is 0 Å². The van der Waals surface area contributed by atoms with Crippen molar-refractivity contribution in [2.75, 3.05) is 13.2 Å². The highest BCUT2D eigenvalue weighted by atomic mass is 16.5. The highest BCUT2D eigenvalue weighted by Crippen LogP contribution is 2.19. The van der Waals surface area contributed by atoms with Crippen LogP contribution in [-0.2, 0) is 14.3 Å². The highest BCUT2D eigenvalue weighted by molar-refractivity contribution is 5.69. The van der Waals surface area contributed by atoms with Gasteiger partial charge in [0.15, 0.2) is 0 Å². The number of hydrogen-bond donors (Lipinski definition) is 0. The normalized spacial score (nSPS) is 21.7. The Morgan fingerprint density at radius 3 is 2.73 bits per heavy atom. The van der Waals surface area contributed by atoms with E-state index in [0.29, 0.717) is 13.0 Å². The molecule has 88 valence electrons. The van der Waals surface area contributed by atoms with Gasteiger partial charge in [-0.25, -0.2) is 0 Å². The minimum atomic E-state index is -0.119. The lowest BCUT2D eigenvalue weighted by atomic mass is 9.93. The van der Waals surface area contributed by atoms with Crippen LogP contribution in [0.1, 0.15) is 46.5 Å². The molecule has 15 heavy (non-hydrogen) atoms. The molecule has 0 amide bonds. The van der Waals surface area contributed by atoms with E-state index in [1.165, 1.54) is 0 Å². The van der Waals surface area contributed by atoms with E-state index in [-0.39, 0.29) is 17.5 Å². The van der Waals surface area contributed by atoms with Crippen LogP contribution >= 0.6 is 0 Å². The minimum absolute atomic E-state index is 0.104. The molecule has 0 aromatic carbocycles. The van der Waals surface area contributed by atoms with Crippen molar-refractivity contribution < 1.29 is 14.3 Å². The average molecular weight is 214 g/mol. The van der Waals surface area contributed by atoms with E-state index in [0.717, 1.165) is 25.9 Å². The van der Waals surface area contributed by atoms with Crippen LogP contribution in [0.15, 0.2) is 0 Å². The zero-order valence-corrected chi connectivity index (χ0v) is 10.0. The summed E-state index contributed by atoms with van der Waals surface area (Å²) in [7, 11) is 0. The molecule has 0 aliphatic carbocycles. The van der Waals surface area contributed by atoms with Crippen LogP contribution in [0.3, 0.4) is 0 Å². The summed E-state index contributed by atoms with van der Waals surface area (Å²) in [4.78, 5) is 11.4. The second-order valence-electron chi connectivity index (χ2n) is 5.37. The minimum Gasteiger partial charge on any atom is -0.466 e. The van der Waals surface area contributed by atoms with Gasteiger partial charge in [-0.3, -0.25) is 4.79 Å². The zero-order valence-electron chi connectivity index (χ0n) is 10.0. The van der Waals surface area contributed by atoms with Crippen molar-refractivity contribution in [1.29, 1.82) is 0 Å². The lowest BCUT2D eigenvalue weighted by Gasteiger charge is -2.17. The van der Waals surface area contributed by atoms with Gasteiger partial charge < -0.3 is 9.47 Å². The maximum absolute atomic E-state index is 11.4. The molecule has 1 fully saturated rings. The van der Waals surface area contributed by atoms with Crippen molar-refractivity contribution in [3.8, 4) is 0 Å². The molecule has 0 aromatic rings. The van der Waals surface area contributed by atoms with Gasteiger partial charge in [-0.2, -0.15) is 0 Å². The van der Waals surface area contributed by atoms with Crippen molar-refractivity contribution in [3.05, 3.63) is 0 Å². The molecule has 3 heteroatoms. The van der Waals surface area contributed by atoms with Crippen LogP contribution in [0.2, 0.25) is 0 Å². The molecular weight excluding hydrogens is 192 g/mol. The second-order valence-corrected chi connectivity index (χ2v) is 5.37. The Hall–Kier alpha value is -0.570. The standard InChI is InChI=1S/C12H22O3/c1-12(2,3)6-8-15-11(13)9-10-5-4-7-14-10/h10H,4-9H2,1-3H3. The molecular formula is C12H22O3. The number of rotatable bonds is 4. The van der Waals surface area contributed by atoms with E-state index in [2.05, 4.69) is 20.8 Å². The van der Waals surface area contributed by atoms with Crippen molar-refractivity contribution >= 4 is 5.97 Å². The van der Waals surface area contributed by atoms with Gasteiger partial charge in [0, 0.05) is 6.61 Å². The van der Waals surface area contributed by atoms with Gasteiger partial charge in [0.05, 0.1) is 19.1 Å². The van der Waals surface area contributed by atoms with Crippen LogP contribution in [0.4, 0.5) is 0 Å². The largest absolute Gasteiger partial charge is 0.466 e. The van der Waals surface area contributed by atoms with Crippen LogP contribution < -0.4 is 0 Å². The average Bonchev–Trinajstić information content (AvgIpc) is 2.54. The van der Waals surface area contributed by atoms with Crippen molar-refractivity contribution in [1.82, 2.24) is 0 Å². The molecule has 1 heterocycles. The fourth-order valence-electron chi connectivity index (χ4n) is 1.52. The smallest absolute Gasteiger partial charge is 0.308 e. The topological polar surface area (TPSA) is 35.5 Å². The molecule has 0 bridgehead atoms. The lowest BCUT2D eigenvalue weighted by molar-refractivity contribution is -0.146. The summed E-state index contributed by atoms with van der Waals surface area (Å²) < 4.78 is 10.5. The third kappa shape index (κ3) is 5.78. The van der Waals surface area contributed by atoms with E-state index in [1.807, 2.05) is 0 Å². The van der Waals surface area contributed by atoms with Gasteiger partial charge in [0.1, 0.15) is 0 Å². The molecule has 1 aliphatic rings. The maximum atomic E-state index is 11.4. The van der Waals surface area contributed by atoms with E-state index in [1.54, 1.807) is 0 Å². The SMILES string of the molecule is CC(C)(C)CCOC(=O)CC1CCCO1. The maximum Gasteiger partial charge on any atom is 0.308 e. The summed E-state index contributed by atoms with van der Waals surface area (Å²) in [6.45, 7) is 7.73. The van der Waals surface area contributed by atoms with Gasteiger partial charge in [-0.1, -0.05) is 20.8 Å². The van der Waals surface area contributed by atoms with Crippen LogP contribution in [-0.4, -0.2) is 25.3 Å². The first-order valence-electron chi connectivity index (χ1n) is 5.74. The monoisotopic (exact) mass is 214 g/mol. The number of hydrogen-bond acceptors (Lipinski definition) is 3. The molecule has 1 atom stereocenters. The van der Waals surface area contributed by atoms with Crippen LogP contribution in [0.5, 0.6) is 0 Å². The summed E-state index contributed by atoms with van der Waals surface area (Å²) in [5.41, 5.74) is 0.226. The first-order chi connectivity index (χ1) is 6.97. The lowest BCUT2D eigenvalue weighted by Crippen LogP contribution is -2.17. The zero-order chi connectivity index (χ0) is 11.3. The van der Waals surface area contributed by atoms with Crippen molar-refractivity contribution in [2.45, 2.75) is 52.6 Å². The molecule has 1 rings (SSSR count). The number of carbonyl (C=O) groups excluding carboxylic acids is 1. The van der Waals surface area contributed by atoms with Gasteiger partial charge in [-0.15, -0.1) is 0 Å². The number of carbonyl (C=O) groups is 1. The fraction of sp³-hybridized carbons (Fsp3) is 0.917. The van der Waals surface area contributed by atoms with Gasteiger partial charge in [-0.05, 0) is 24.7 Å². The molecule has 0 spiro atoms. The summed E-state index contributed by atoms with van der Waals surface area (Å²) in [6.07, 6.45) is 3.50. The Morgan fingerprint density at radius 2 is 2.20 bits per heavy atom.